The fraction of sp³-hybridized carbons (Fsp3) is 0.533. The number of carbonyl (C=O) groups is 1. The number of benzene rings is 1. The molecule has 0 saturated carbocycles. The number of rotatable bonds is 4. The van der Waals surface area contributed by atoms with Gasteiger partial charge in [-0.15, -0.1) is 0 Å². The summed E-state index contributed by atoms with van der Waals surface area (Å²) in [5.41, 5.74) is -0.541. The molecule has 0 heterocycles. The minimum Gasteiger partial charge on any atom is -0.480 e. The Morgan fingerprint density at radius 1 is 1.17 bits per heavy atom. The molecule has 1 aromatic rings. The van der Waals surface area contributed by atoms with Crippen molar-refractivity contribution in [3.8, 4) is 0 Å². The van der Waals surface area contributed by atoms with Crippen LogP contribution < -0.4 is 5.32 Å². The van der Waals surface area contributed by atoms with Crippen molar-refractivity contribution in [2.24, 2.45) is 5.92 Å². The predicted octanol–water partition coefficient (Wildman–Crippen LogP) is 3.01. The van der Waals surface area contributed by atoms with Gasteiger partial charge < -0.3 is 5.11 Å². The third-order valence-corrected chi connectivity index (χ3v) is 3.00. The highest BCUT2D eigenvalue weighted by atomic mass is 16.4. The fourth-order valence-corrected chi connectivity index (χ4v) is 2.27. The van der Waals surface area contributed by atoms with Gasteiger partial charge in [-0.25, -0.2) is 4.79 Å². The Hall–Kier alpha value is -1.35. The van der Waals surface area contributed by atoms with E-state index in [9.17, 15) is 9.90 Å². The summed E-state index contributed by atoms with van der Waals surface area (Å²) >= 11 is 0. The van der Waals surface area contributed by atoms with Crippen LogP contribution in [-0.4, -0.2) is 16.6 Å². The molecule has 0 radical (unpaired) electrons. The van der Waals surface area contributed by atoms with Gasteiger partial charge in [0.05, 0.1) is 0 Å². The molecule has 3 heteroatoms. The minimum atomic E-state index is -1.06. The Bertz CT molecular complexity index is 406. The molecule has 2 N–H and O–H groups in total. The number of carboxylic acids is 1. The molecule has 1 atom stereocenters. The van der Waals surface area contributed by atoms with Crippen LogP contribution in [0.5, 0.6) is 0 Å². The van der Waals surface area contributed by atoms with Crippen LogP contribution in [0.1, 0.15) is 40.2 Å². The summed E-state index contributed by atoms with van der Waals surface area (Å²) in [6.45, 7) is 9.81. The number of carboxylic acid groups (broad SMARTS) is 1. The maximum Gasteiger partial charge on any atom is 0.328 e. The number of aliphatic carboxylic acids is 1. The lowest BCUT2D eigenvalue weighted by atomic mass is 9.78. The van der Waals surface area contributed by atoms with Gasteiger partial charge in [0.25, 0.3) is 0 Å². The van der Waals surface area contributed by atoms with Crippen molar-refractivity contribution in [1.82, 2.24) is 5.32 Å². The first kappa shape index (κ1) is 14.7. The summed E-state index contributed by atoms with van der Waals surface area (Å²) in [5.74, 6) is -0.893. The molecule has 100 valence electrons. The second kappa shape index (κ2) is 5.11. The van der Waals surface area contributed by atoms with Crippen molar-refractivity contribution in [3.63, 3.8) is 0 Å². The summed E-state index contributed by atoms with van der Waals surface area (Å²) in [4.78, 5) is 11.9. The van der Waals surface area contributed by atoms with E-state index in [0.29, 0.717) is 0 Å². The highest BCUT2D eigenvalue weighted by Crippen LogP contribution is 2.32. The van der Waals surface area contributed by atoms with Crippen molar-refractivity contribution in [2.75, 3.05) is 0 Å². The van der Waals surface area contributed by atoms with Crippen LogP contribution in [0.3, 0.4) is 0 Å². The van der Waals surface area contributed by atoms with Gasteiger partial charge in [0.15, 0.2) is 0 Å². The van der Waals surface area contributed by atoms with E-state index in [-0.39, 0.29) is 11.5 Å². The van der Waals surface area contributed by atoms with Crippen LogP contribution in [0.2, 0.25) is 0 Å². The maximum atomic E-state index is 11.9. The summed E-state index contributed by atoms with van der Waals surface area (Å²) in [7, 11) is 0. The summed E-state index contributed by atoms with van der Waals surface area (Å²) in [6.07, 6.45) is 0. The van der Waals surface area contributed by atoms with Crippen LogP contribution in [0.4, 0.5) is 0 Å². The van der Waals surface area contributed by atoms with E-state index in [1.54, 1.807) is 0 Å². The Morgan fingerprint density at radius 3 is 2.00 bits per heavy atom. The van der Waals surface area contributed by atoms with Gasteiger partial charge in [0.2, 0.25) is 0 Å². The second-order valence-corrected chi connectivity index (χ2v) is 6.01. The van der Waals surface area contributed by atoms with E-state index >= 15 is 0 Å². The third-order valence-electron chi connectivity index (χ3n) is 3.00. The standard InChI is InChI=1S/C15H23NO2/c1-11(2)15(13(17)18,16-14(3,4)5)12-9-7-6-8-10-12/h6-11,16H,1-5H3,(H,17,18). The normalized spacial score (nSPS) is 15.4. The van der Waals surface area contributed by atoms with Gasteiger partial charge >= 0.3 is 5.97 Å². The second-order valence-electron chi connectivity index (χ2n) is 6.01. The molecule has 0 saturated heterocycles. The molecule has 0 aliphatic rings. The lowest BCUT2D eigenvalue weighted by Crippen LogP contribution is -2.59. The van der Waals surface area contributed by atoms with Crippen molar-refractivity contribution < 1.29 is 9.90 Å². The molecule has 0 bridgehead atoms. The van der Waals surface area contributed by atoms with Crippen LogP contribution in [0, 0.1) is 5.92 Å². The van der Waals surface area contributed by atoms with Gasteiger partial charge in [0.1, 0.15) is 5.54 Å². The molecule has 0 aliphatic carbocycles. The lowest BCUT2D eigenvalue weighted by Gasteiger charge is -2.40. The molecule has 3 nitrogen and oxygen atoms in total. The van der Waals surface area contributed by atoms with E-state index in [1.165, 1.54) is 0 Å². The van der Waals surface area contributed by atoms with Crippen LogP contribution in [0.25, 0.3) is 0 Å². The minimum absolute atomic E-state index is 0.0587. The van der Waals surface area contributed by atoms with Crippen molar-refractivity contribution >= 4 is 5.97 Å². The van der Waals surface area contributed by atoms with Crippen LogP contribution in [-0.2, 0) is 10.3 Å². The van der Waals surface area contributed by atoms with Crippen LogP contribution in [0.15, 0.2) is 30.3 Å². The predicted molar refractivity (Wildman–Crippen MR) is 73.5 cm³/mol. The molecule has 1 rings (SSSR count). The topological polar surface area (TPSA) is 49.3 Å². The Kier molecular flexibility index (Phi) is 4.17. The number of hydrogen-bond acceptors (Lipinski definition) is 2. The maximum absolute atomic E-state index is 11.9. The highest BCUT2D eigenvalue weighted by molar-refractivity contribution is 5.81. The monoisotopic (exact) mass is 249 g/mol. The van der Waals surface area contributed by atoms with Crippen molar-refractivity contribution in [3.05, 3.63) is 35.9 Å². The zero-order valence-electron chi connectivity index (χ0n) is 11.8. The molecule has 0 fully saturated rings. The SMILES string of the molecule is CC(C)C(NC(C)(C)C)(C(=O)O)c1ccccc1. The van der Waals surface area contributed by atoms with Crippen molar-refractivity contribution in [1.29, 1.82) is 0 Å². The first-order valence-corrected chi connectivity index (χ1v) is 6.28. The van der Waals surface area contributed by atoms with E-state index in [0.717, 1.165) is 5.56 Å². The molecule has 0 amide bonds. The first-order chi connectivity index (χ1) is 8.20. The van der Waals surface area contributed by atoms with Gasteiger partial charge in [-0.1, -0.05) is 44.2 Å². The summed E-state index contributed by atoms with van der Waals surface area (Å²) < 4.78 is 0. The lowest BCUT2D eigenvalue weighted by molar-refractivity contribution is -0.148. The summed E-state index contributed by atoms with van der Waals surface area (Å²) in [5, 5.41) is 13.0. The Morgan fingerprint density at radius 2 is 1.67 bits per heavy atom. The van der Waals surface area contributed by atoms with Gasteiger partial charge in [-0.05, 0) is 32.3 Å². The Balaban J connectivity index is 3.36. The van der Waals surface area contributed by atoms with Gasteiger partial charge in [-0.2, -0.15) is 0 Å². The van der Waals surface area contributed by atoms with Gasteiger partial charge in [-0.3, -0.25) is 5.32 Å². The average Bonchev–Trinajstić information content (AvgIpc) is 2.25. The fourth-order valence-electron chi connectivity index (χ4n) is 2.27. The largest absolute Gasteiger partial charge is 0.480 e. The molecule has 0 aromatic heterocycles. The first-order valence-electron chi connectivity index (χ1n) is 6.28. The Labute approximate surface area is 109 Å². The zero-order valence-corrected chi connectivity index (χ0v) is 11.8. The molecular weight excluding hydrogens is 226 g/mol. The molecular formula is C15H23NO2. The molecule has 1 aromatic carbocycles. The highest BCUT2D eigenvalue weighted by Gasteiger charge is 2.45. The number of nitrogens with one attached hydrogen (secondary N) is 1. The van der Waals surface area contributed by atoms with Crippen molar-refractivity contribution in [2.45, 2.75) is 45.7 Å². The van der Waals surface area contributed by atoms with E-state index in [2.05, 4.69) is 5.32 Å². The quantitative estimate of drug-likeness (QED) is 0.862. The third kappa shape index (κ3) is 2.91. The molecule has 18 heavy (non-hydrogen) atoms. The number of hydrogen-bond donors (Lipinski definition) is 2. The van der Waals surface area contributed by atoms with E-state index < -0.39 is 11.5 Å². The average molecular weight is 249 g/mol. The van der Waals surface area contributed by atoms with E-state index in [4.69, 9.17) is 0 Å². The smallest absolute Gasteiger partial charge is 0.328 e. The summed E-state index contributed by atoms with van der Waals surface area (Å²) in [6, 6.07) is 9.38. The molecule has 0 aliphatic heterocycles. The van der Waals surface area contributed by atoms with Crippen LogP contribution >= 0.6 is 0 Å². The van der Waals surface area contributed by atoms with E-state index in [1.807, 2.05) is 65.0 Å². The molecule has 0 spiro atoms. The van der Waals surface area contributed by atoms with Gasteiger partial charge in [0, 0.05) is 5.54 Å². The molecule has 1 unspecified atom stereocenters. The zero-order chi connectivity index (χ0) is 14.0.